The van der Waals surface area contributed by atoms with E-state index in [1.807, 2.05) is 0 Å². The van der Waals surface area contributed by atoms with E-state index in [0.717, 1.165) is 89.4 Å². The largest absolute Gasteiger partial charge is 0.393 e. The number of epoxide rings is 1. The van der Waals surface area contributed by atoms with Gasteiger partial charge in [-0.3, -0.25) is 33.8 Å². The van der Waals surface area contributed by atoms with Gasteiger partial charge in [0.05, 0.1) is 66.4 Å². The molecule has 1 saturated heterocycles. The summed E-state index contributed by atoms with van der Waals surface area (Å²) in [5, 5.41) is 30.7. The minimum absolute atomic E-state index is 0. The van der Waals surface area contributed by atoms with Crippen LogP contribution in [-0.2, 0) is 56.1 Å². The Morgan fingerprint density at radius 2 is 0.811 bits per heavy atom. The molecule has 8 unspecified atom stereocenters. The number of amides is 4. The molecular formula is C81H99ClN4O9. The molecule has 7 aromatic carbocycles. The number of carbonyl (C=O) groups is 5. The Morgan fingerprint density at radius 1 is 0.463 bits per heavy atom. The second-order valence-electron chi connectivity index (χ2n) is 26.3. The fourth-order valence-electron chi connectivity index (χ4n) is 13.9. The molecule has 0 radical (unpaired) electrons. The maximum absolute atomic E-state index is 12.4. The standard InChI is InChI=1S/C22H25ClO2.C22H23NO3.C14H21NO.C11H9NO3.C10H13N.2CH4/c23-20-10-8-18(9-11-20)22(25)14-13-21(24)12-6-16-5-7-17-3-1-2-4-19(17)15-16;24-18(12-10-15-9-11-16-5-1-2-6-17(16)13-15)14-23-21(25)19-7-3-4-8-20(19)22(23)26;15-10-14(16)8-6-11-5-7-12-3-1-2-4-13(12)9-11;13-10-8-3-1-2-4-9(8)11(14)12(10)5-7-6-15-7;11-10-6-5-8-3-1-2-4-9(8)7-10;;/h1-4,8-11,16,21,24H,5-7,12-15H2;1-8,15,18,24H,9-14H2;1-4,11,14,16H,5-10,15H2;1-4,7H,5-6H2;1-4,10H,5-7,11H2;2*1H4. The van der Waals surface area contributed by atoms with Gasteiger partial charge in [-0.05, 0) is 233 Å². The first kappa shape index (κ1) is 73.4. The average molecular weight is 1310 g/mol. The number of ether oxygens (including phenoxy) is 1. The molecule has 1 fully saturated rings. The summed E-state index contributed by atoms with van der Waals surface area (Å²) in [5.74, 6) is 1.02. The Morgan fingerprint density at radius 3 is 1.21 bits per heavy atom. The third kappa shape index (κ3) is 20.5. The number of ketones is 1. The van der Waals surface area contributed by atoms with Crippen molar-refractivity contribution in [1.29, 1.82) is 0 Å². The normalized spacial score (nSPS) is 20.1. The van der Waals surface area contributed by atoms with Gasteiger partial charge in [0, 0.05) is 29.6 Å². The minimum atomic E-state index is -0.672. The van der Waals surface area contributed by atoms with Gasteiger partial charge < -0.3 is 31.5 Å². The average Bonchev–Trinajstić information content (AvgIpc) is 1.65. The predicted octanol–water partition coefficient (Wildman–Crippen LogP) is 13.8. The van der Waals surface area contributed by atoms with E-state index in [-0.39, 0.29) is 63.0 Å². The van der Waals surface area contributed by atoms with Gasteiger partial charge in [-0.15, -0.1) is 0 Å². The SMILES string of the molecule is C.C.NC1CCc2ccccc2C1.NCC(O)CCC1CCc2ccccc2C1.O=C(CCC(O)CCC1CCc2ccccc2C1)c1ccc(Cl)cc1.O=C1c2ccccc2C(=O)N1CC(O)CCC1CCc2ccccc2C1.O=C1c2ccccc2C(=O)N1CC1CO1. The van der Waals surface area contributed by atoms with Gasteiger partial charge in [0.15, 0.2) is 5.78 Å². The van der Waals surface area contributed by atoms with Crippen LogP contribution >= 0.6 is 11.6 Å². The Bertz CT molecular complexity index is 3590. The molecule has 14 heteroatoms. The summed E-state index contributed by atoms with van der Waals surface area (Å²) in [5.41, 5.74) is 25.6. The number of Topliss-reactive ketones (excluding diaryl/α,β-unsaturated/α-hetero) is 1. The van der Waals surface area contributed by atoms with E-state index in [1.54, 1.807) is 72.8 Å². The van der Waals surface area contributed by atoms with Gasteiger partial charge in [0.25, 0.3) is 23.6 Å². The van der Waals surface area contributed by atoms with Gasteiger partial charge >= 0.3 is 0 Å². The Hall–Kier alpha value is -7.46. The highest BCUT2D eigenvalue weighted by Crippen LogP contribution is 2.33. The first-order valence-corrected chi connectivity index (χ1v) is 34.1. The Balaban J connectivity index is 0.000000156. The van der Waals surface area contributed by atoms with Crippen molar-refractivity contribution in [1.82, 2.24) is 9.80 Å². The zero-order valence-corrected chi connectivity index (χ0v) is 54.2. The van der Waals surface area contributed by atoms with Gasteiger partial charge in [-0.2, -0.15) is 0 Å². The van der Waals surface area contributed by atoms with Crippen LogP contribution in [0, 0.1) is 17.8 Å². The van der Waals surface area contributed by atoms with E-state index in [9.17, 15) is 39.3 Å². The maximum atomic E-state index is 12.4. The fraction of sp³-hybridized carbons (Fsp3) is 0.420. The second kappa shape index (κ2) is 36.0. The van der Waals surface area contributed by atoms with Crippen molar-refractivity contribution in [2.24, 2.45) is 29.2 Å². The van der Waals surface area contributed by atoms with Crippen molar-refractivity contribution in [2.45, 2.75) is 174 Å². The lowest BCUT2D eigenvalue weighted by atomic mass is 9.81. The van der Waals surface area contributed by atoms with Crippen LogP contribution in [0.4, 0.5) is 0 Å². The highest BCUT2D eigenvalue weighted by Gasteiger charge is 2.40. The molecule has 95 heavy (non-hydrogen) atoms. The predicted molar refractivity (Wildman–Crippen MR) is 379 cm³/mol. The molecule has 7 aromatic rings. The number of halogens is 1. The van der Waals surface area contributed by atoms with Crippen molar-refractivity contribution < 1.29 is 44.0 Å². The van der Waals surface area contributed by atoms with Gasteiger partial charge in [0.1, 0.15) is 0 Å². The Kier molecular flexibility index (Phi) is 27.8. The number of aliphatic hydroxyl groups is 3. The molecule has 504 valence electrons. The number of nitrogens with two attached hydrogens (primary N) is 2. The number of hydrogen-bond acceptors (Lipinski definition) is 11. The summed E-state index contributed by atoms with van der Waals surface area (Å²) in [4.78, 5) is 63.0. The van der Waals surface area contributed by atoms with E-state index in [2.05, 4.69) is 97.1 Å². The van der Waals surface area contributed by atoms with E-state index in [1.165, 1.54) is 80.0 Å². The van der Waals surface area contributed by atoms with Crippen molar-refractivity contribution in [3.63, 3.8) is 0 Å². The summed E-state index contributed by atoms with van der Waals surface area (Å²) in [7, 11) is 0. The molecule has 0 saturated carbocycles. The number of rotatable bonds is 18. The van der Waals surface area contributed by atoms with E-state index in [4.69, 9.17) is 27.8 Å². The molecule has 7 aliphatic rings. The molecule has 3 heterocycles. The fourth-order valence-corrected chi connectivity index (χ4v) is 14.0. The molecule has 0 spiro atoms. The maximum Gasteiger partial charge on any atom is 0.261 e. The number of nitrogens with zero attached hydrogens (tertiary/aromatic N) is 2. The third-order valence-electron chi connectivity index (χ3n) is 19.5. The van der Waals surface area contributed by atoms with Gasteiger partial charge in [0.2, 0.25) is 0 Å². The van der Waals surface area contributed by atoms with Crippen LogP contribution < -0.4 is 11.5 Å². The zero-order valence-electron chi connectivity index (χ0n) is 53.5. The smallest absolute Gasteiger partial charge is 0.261 e. The number of fused-ring (bicyclic) bond motifs is 6. The van der Waals surface area contributed by atoms with Crippen molar-refractivity contribution in [2.75, 3.05) is 26.2 Å². The topological polar surface area (TPSA) is 217 Å². The number of hydrogen-bond donors (Lipinski definition) is 5. The summed E-state index contributed by atoms with van der Waals surface area (Å²) in [6.45, 7) is 1.50. The summed E-state index contributed by atoms with van der Waals surface area (Å²) < 4.78 is 5.02. The monoisotopic (exact) mass is 1310 g/mol. The molecule has 4 amide bonds. The molecule has 8 atom stereocenters. The van der Waals surface area contributed by atoms with Gasteiger partial charge in [-0.1, -0.05) is 148 Å². The van der Waals surface area contributed by atoms with Crippen molar-refractivity contribution in [3.05, 3.63) is 247 Å². The third-order valence-corrected chi connectivity index (χ3v) is 19.8. The molecular weight excluding hydrogens is 1210 g/mol. The molecule has 0 bridgehead atoms. The molecule has 13 nitrogen and oxygen atoms in total. The lowest BCUT2D eigenvalue weighted by molar-refractivity contribution is 0.0522. The van der Waals surface area contributed by atoms with Crippen LogP contribution in [0.5, 0.6) is 0 Å². The summed E-state index contributed by atoms with van der Waals surface area (Å²) in [6.07, 6.45) is 18.6. The first-order chi connectivity index (χ1) is 45.2. The number of aliphatic hydroxyl groups excluding tert-OH is 3. The second-order valence-corrected chi connectivity index (χ2v) is 26.7. The van der Waals surface area contributed by atoms with E-state index in [0.29, 0.717) is 89.7 Å². The van der Waals surface area contributed by atoms with E-state index < -0.39 is 12.2 Å². The summed E-state index contributed by atoms with van der Waals surface area (Å²) in [6, 6.07) is 55.6. The number of benzene rings is 7. The number of imide groups is 2. The lowest BCUT2D eigenvalue weighted by Gasteiger charge is -2.26. The van der Waals surface area contributed by atoms with E-state index >= 15 is 0 Å². The Labute approximate surface area is 568 Å². The van der Waals surface area contributed by atoms with Crippen LogP contribution in [0.3, 0.4) is 0 Å². The molecule has 4 aliphatic carbocycles. The quantitative estimate of drug-likeness (QED) is 0.0309. The number of carbonyl (C=O) groups excluding carboxylic acids is 5. The van der Waals surface area contributed by atoms with Gasteiger partial charge in [-0.25, -0.2) is 0 Å². The number of aryl methyl sites for hydroxylation is 4. The highest BCUT2D eigenvalue weighted by molar-refractivity contribution is 6.30. The summed E-state index contributed by atoms with van der Waals surface area (Å²) >= 11 is 5.84. The molecule has 0 aromatic heterocycles. The minimum Gasteiger partial charge on any atom is -0.393 e. The lowest BCUT2D eigenvalue weighted by Crippen LogP contribution is -2.37. The molecule has 3 aliphatic heterocycles. The van der Waals surface area contributed by atoms with Crippen LogP contribution in [0.2, 0.25) is 5.02 Å². The van der Waals surface area contributed by atoms with Crippen LogP contribution in [-0.4, -0.2) is 111 Å². The van der Waals surface area contributed by atoms with Crippen molar-refractivity contribution in [3.8, 4) is 0 Å². The number of β-amino-alcohol motifs (C(OH)–C–C–N with tert-alkyl or cyclic N) is 1. The van der Waals surface area contributed by atoms with Crippen LogP contribution in [0.25, 0.3) is 0 Å². The highest BCUT2D eigenvalue weighted by atomic mass is 35.5. The molecule has 7 N–H and O–H groups in total. The van der Waals surface area contributed by atoms with Crippen LogP contribution in [0.15, 0.2) is 170 Å². The van der Waals surface area contributed by atoms with Crippen LogP contribution in [0.1, 0.15) is 188 Å². The van der Waals surface area contributed by atoms with Crippen molar-refractivity contribution >= 4 is 41.0 Å². The molecule has 14 rings (SSSR count). The first-order valence-electron chi connectivity index (χ1n) is 33.8. The zero-order chi connectivity index (χ0) is 65.2.